The molecule has 1 aromatic heterocycles. The number of benzene rings is 1. The molecule has 17 heavy (non-hydrogen) atoms. The second-order valence-corrected chi connectivity index (χ2v) is 3.74. The molecule has 0 radical (unpaired) electrons. The van der Waals surface area contributed by atoms with E-state index in [4.69, 9.17) is 10.2 Å². The maximum Gasteiger partial charge on any atom is 0.337 e. The monoisotopic (exact) mass is 234 g/mol. The van der Waals surface area contributed by atoms with Crippen molar-refractivity contribution in [3.63, 3.8) is 0 Å². The quantitative estimate of drug-likeness (QED) is 0.835. The van der Waals surface area contributed by atoms with Crippen LogP contribution in [-0.2, 0) is 13.0 Å². The number of para-hydroxylation sites is 1. The van der Waals surface area contributed by atoms with Crippen LogP contribution in [0.3, 0.4) is 0 Å². The number of imidazole rings is 1. The van der Waals surface area contributed by atoms with Crippen molar-refractivity contribution in [1.29, 1.82) is 0 Å². The summed E-state index contributed by atoms with van der Waals surface area (Å²) in [7, 11) is 0. The van der Waals surface area contributed by atoms with Gasteiger partial charge in [0.25, 0.3) is 0 Å². The molecule has 2 aromatic rings. The number of carboxylic acids is 1. The molecule has 0 aliphatic rings. The van der Waals surface area contributed by atoms with Crippen LogP contribution < -0.4 is 0 Å². The van der Waals surface area contributed by atoms with Gasteiger partial charge in [0.2, 0.25) is 0 Å². The van der Waals surface area contributed by atoms with E-state index in [-0.39, 0.29) is 12.2 Å². The molecule has 0 bridgehead atoms. The van der Waals surface area contributed by atoms with E-state index in [9.17, 15) is 4.79 Å². The highest BCUT2D eigenvalue weighted by molar-refractivity contribution is 6.01. The van der Waals surface area contributed by atoms with Gasteiger partial charge in [-0.25, -0.2) is 9.78 Å². The summed E-state index contributed by atoms with van der Waals surface area (Å²) in [6.45, 7) is 2.28. The van der Waals surface area contributed by atoms with Gasteiger partial charge in [-0.1, -0.05) is 13.0 Å². The summed E-state index contributed by atoms with van der Waals surface area (Å²) in [4.78, 5) is 15.5. The smallest absolute Gasteiger partial charge is 0.337 e. The minimum Gasteiger partial charge on any atom is -0.478 e. The molecule has 0 saturated carbocycles. The van der Waals surface area contributed by atoms with Gasteiger partial charge in [0.15, 0.2) is 0 Å². The number of nitrogens with zero attached hydrogens (tertiary/aromatic N) is 2. The van der Waals surface area contributed by atoms with E-state index in [1.165, 1.54) is 0 Å². The maximum atomic E-state index is 11.2. The van der Waals surface area contributed by atoms with Crippen molar-refractivity contribution >= 4 is 17.0 Å². The van der Waals surface area contributed by atoms with E-state index in [1.54, 1.807) is 22.8 Å². The van der Waals surface area contributed by atoms with Crippen molar-refractivity contribution in [2.45, 2.75) is 19.9 Å². The predicted octanol–water partition coefficient (Wildman–Crippen LogP) is 1.29. The second kappa shape index (κ2) is 4.55. The third-order valence-corrected chi connectivity index (χ3v) is 2.72. The van der Waals surface area contributed by atoms with E-state index < -0.39 is 5.97 Å². The number of rotatable bonds is 4. The summed E-state index contributed by atoms with van der Waals surface area (Å²) in [5, 5.41) is 18.2. The number of aliphatic hydroxyl groups is 1. The van der Waals surface area contributed by atoms with Gasteiger partial charge in [-0.15, -0.1) is 0 Å². The summed E-state index contributed by atoms with van der Waals surface area (Å²) in [5.41, 5.74) is 1.48. The Bertz CT molecular complexity index is 560. The topological polar surface area (TPSA) is 75.3 Å². The number of hydrogen-bond donors (Lipinski definition) is 2. The number of aryl methyl sites for hydroxylation is 1. The van der Waals surface area contributed by atoms with Crippen LogP contribution in [0.1, 0.15) is 23.1 Å². The Labute approximate surface area is 98.3 Å². The molecular weight excluding hydrogens is 220 g/mol. The maximum absolute atomic E-state index is 11.2. The van der Waals surface area contributed by atoms with Crippen molar-refractivity contribution in [3.8, 4) is 0 Å². The second-order valence-electron chi connectivity index (χ2n) is 3.74. The standard InChI is InChI=1S/C12H14N2O3/c1-2-10-13-9-5-3-4-8(12(16)17)11(9)14(10)6-7-15/h3-5,15H,2,6-7H2,1H3,(H,16,17). The molecule has 0 fully saturated rings. The molecule has 0 amide bonds. The predicted molar refractivity (Wildman–Crippen MR) is 63.2 cm³/mol. The number of fused-ring (bicyclic) bond motifs is 1. The van der Waals surface area contributed by atoms with Crippen LogP contribution in [0.5, 0.6) is 0 Å². The fourth-order valence-corrected chi connectivity index (χ4v) is 2.02. The first-order valence-corrected chi connectivity index (χ1v) is 5.51. The highest BCUT2D eigenvalue weighted by Crippen LogP contribution is 2.21. The van der Waals surface area contributed by atoms with E-state index >= 15 is 0 Å². The van der Waals surface area contributed by atoms with Gasteiger partial charge in [-0.2, -0.15) is 0 Å². The average Bonchev–Trinajstić information content (AvgIpc) is 2.67. The minimum atomic E-state index is -0.975. The molecule has 5 nitrogen and oxygen atoms in total. The molecule has 1 aromatic carbocycles. The van der Waals surface area contributed by atoms with Gasteiger partial charge >= 0.3 is 5.97 Å². The normalized spacial score (nSPS) is 10.9. The molecule has 0 aliphatic carbocycles. The first-order chi connectivity index (χ1) is 8.19. The minimum absolute atomic E-state index is 0.0353. The van der Waals surface area contributed by atoms with Crippen LogP contribution in [0.2, 0.25) is 0 Å². The molecule has 0 atom stereocenters. The zero-order valence-electron chi connectivity index (χ0n) is 9.55. The third-order valence-electron chi connectivity index (χ3n) is 2.72. The Balaban J connectivity index is 2.76. The molecule has 0 saturated heterocycles. The number of aromatic nitrogens is 2. The summed E-state index contributed by atoms with van der Waals surface area (Å²) >= 11 is 0. The Morgan fingerprint density at radius 1 is 1.47 bits per heavy atom. The molecule has 2 N–H and O–H groups in total. The molecule has 0 spiro atoms. The summed E-state index contributed by atoms with van der Waals surface area (Å²) < 4.78 is 1.78. The van der Waals surface area contributed by atoms with Crippen LogP contribution >= 0.6 is 0 Å². The van der Waals surface area contributed by atoms with Crippen LogP contribution in [0.25, 0.3) is 11.0 Å². The highest BCUT2D eigenvalue weighted by atomic mass is 16.4. The van der Waals surface area contributed by atoms with Gasteiger partial charge in [-0.3, -0.25) is 0 Å². The lowest BCUT2D eigenvalue weighted by Gasteiger charge is -2.07. The Morgan fingerprint density at radius 2 is 2.24 bits per heavy atom. The molecule has 0 aliphatic heterocycles. The number of carboxylic acid groups (broad SMARTS) is 1. The molecule has 2 rings (SSSR count). The van der Waals surface area contributed by atoms with Crippen LogP contribution in [0, 0.1) is 0 Å². The zero-order valence-corrected chi connectivity index (χ0v) is 9.55. The molecule has 1 heterocycles. The van der Waals surface area contributed by atoms with Gasteiger partial charge in [0.1, 0.15) is 5.82 Å². The number of carbonyl (C=O) groups is 1. The summed E-state index contributed by atoms with van der Waals surface area (Å²) in [6.07, 6.45) is 0.702. The summed E-state index contributed by atoms with van der Waals surface area (Å²) in [5.74, 6) is -0.180. The third kappa shape index (κ3) is 1.89. The first kappa shape index (κ1) is 11.6. The lowest BCUT2D eigenvalue weighted by molar-refractivity contribution is 0.0698. The summed E-state index contributed by atoms with van der Waals surface area (Å²) in [6, 6.07) is 5.02. The van der Waals surface area contributed by atoms with Gasteiger partial charge < -0.3 is 14.8 Å². The molecule has 0 unspecified atom stereocenters. The molecule has 90 valence electrons. The van der Waals surface area contributed by atoms with Crippen LogP contribution in [0.4, 0.5) is 0 Å². The Kier molecular flexibility index (Phi) is 3.10. The fraction of sp³-hybridized carbons (Fsp3) is 0.333. The number of aromatic carboxylic acids is 1. The van der Waals surface area contributed by atoms with Crippen molar-refractivity contribution < 1.29 is 15.0 Å². The number of aliphatic hydroxyl groups excluding tert-OH is 1. The Morgan fingerprint density at radius 3 is 2.82 bits per heavy atom. The largest absolute Gasteiger partial charge is 0.478 e. The lowest BCUT2D eigenvalue weighted by Crippen LogP contribution is -2.09. The molecule has 5 heteroatoms. The van der Waals surface area contributed by atoms with Gasteiger partial charge in [0.05, 0.1) is 23.2 Å². The van der Waals surface area contributed by atoms with Crippen LogP contribution in [-0.4, -0.2) is 32.3 Å². The SMILES string of the molecule is CCc1nc2cccc(C(=O)O)c2n1CCO. The lowest BCUT2D eigenvalue weighted by atomic mass is 10.2. The van der Waals surface area contributed by atoms with E-state index in [2.05, 4.69) is 4.98 Å². The van der Waals surface area contributed by atoms with Crippen molar-refractivity contribution in [1.82, 2.24) is 9.55 Å². The fourth-order valence-electron chi connectivity index (χ4n) is 2.02. The van der Waals surface area contributed by atoms with Crippen molar-refractivity contribution in [3.05, 3.63) is 29.6 Å². The first-order valence-electron chi connectivity index (χ1n) is 5.51. The van der Waals surface area contributed by atoms with Gasteiger partial charge in [0, 0.05) is 13.0 Å². The van der Waals surface area contributed by atoms with Crippen molar-refractivity contribution in [2.75, 3.05) is 6.61 Å². The average molecular weight is 234 g/mol. The van der Waals surface area contributed by atoms with E-state index in [0.717, 1.165) is 5.82 Å². The highest BCUT2D eigenvalue weighted by Gasteiger charge is 2.16. The Hall–Kier alpha value is -1.88. The van der Waals surface area contributed by atoms with Gasteiger partial charge in [-0.05, 0) is 12.1 Å². The van der Waals surface area contributed by atoms with Crippen molar-refractivity contribution in [2.24, 2.45) is 0 Å². The molecular formula is C12H14N2O3. The van der Waals surface area contributed by atoms with Crippen LogP contribution in [0.15, 0.2) is 18.2 Å². The zero-order chi connectivity index (χ0) is 12.4. The van der Waals surface area contributed by atoms with E-state index in [0.29, 0.717) is 24.0 Å². The number of hydrogen-bond acceptors (Lipinski definition) is 3. The van der Waals surface area contributed by atoms with E-state index in [1.807, 2.05) is 6.92 Å².